The van der Waals surface area contributed by atoms with Gasteiger partial charge >= 0.3 is 5.97 Å². The van der Waals surface area contributed by atoms with Crippen molar-refractivity contribution in [1.29, 1.82) is 0 Å². The number of esters is 1. The molecule has 8 heavy (non-hydrogen) atoms. The Kier molecular flexibility index (Phi) is 1.08. The van der Waals surface area contributed by atoms with Gasteiger partial charge in [-0.05, 0) is 19.9 Å². The van der Waals surface area contributed by atoms with E-state index < -0.39 is 0 Å². The summed E-state index contributed by atoms with van der Waals surface area (Å²) in [4.78, 5) is 10.3. The highest BCUT2D eigenvalue weighted by Crippen LogP contribution is 2.24. The van der Waals surface area contributed by atoms with E-state index in [-0.39, 0.29) is 11.9 Å². The van der Waals surface area contributed by atoms with Gasteiger partial charge in [0, 0.05) is 0 Å². The van der Waals surface area contributed by atoms with Crippen LogP contribution in [-0.4, -0.2) is 5.97 Å². The first-order chi connectivity index (χ1) is 3.75. The van der Waals surface area contributed by atoms with Gasteiger partial charge in [-0.2, -0.15) is 0 Å². The molecule has 0 radical (unpaired) electrons. The van der Waals surface area contributed by atoms with Crippen LogP contribution < -0.4 is 0 Å². The van der Waals surface area contributed by atoms with Gasteiger partial charge in [-0.15, -0.1) is 0 Å². The minimum Gasteiger partial charge on any atom is -0.430 e. The van der Waals surface area contributed by atoms with E-state index in [1.165, 1.54) is 0 Å². The van der Waals surface area contributed by atoms with Crippen LogP contribution in [0.5, 0.6) is 0 Å². The Morgan fingerprint density at radius 3 is 2.50 bits per heavy atom. The number of rotatable bonds is 0. The summed E-state index contributed by atoms with van der Waals surface area (Å²) in [6.07, 6.45) is 1.81. The lowest BCUT2D eigenvalue weighted by Crippen LogP contribution is -2.29. The molecule has 44 valence electrons. The van der Waals surface area contributed by atoms with E-state index in [0.717, 1.165) is 5.76 Å². The zero-order valence-electron chi connectivity index (χ0n) is 4.97. The molecule has 0 saturated carbocycles. The number of hydrogen-bond acceptors (Lipinski definition) is 2. The highest BCUT2D eigenvalue weighted by atomic mass is 16.6. The topological polar surface area (TPSA) is 26.3 Å². The Morgan fingerprint density at radius 2 is 2.38 bits per heavy atom. The van der Waals surface area contributed by atoms with Crippen LogP contribution in [0.15, 0.2) is 11.8 Å². The van der Waals surface area contributed by atoms with Gasteiger partial charge in [0.25, 0.3) is 0 Å². The first-order valence-electron chi connectivity index (χ1n) is 2.63. The van der Waals surface area contributed by atoms with Gasteiger partial charge in [-0.1, -0.05) is 0 Å². The molecular formula is C6H8O2. The molecule has 0 spiro atoms. The molecule has 2 nitrogen and oxygen atoms in total. The van der Waals surface area contributed by atoms with E-state index in [1.807, 2.05) is 19.9 Å². The van der Waals surface area contributed by atoms with Gasteiger partial charge in [0.05, 0.1) is 0 Å². The second kappa shape index (κ2) is 1.62. The molecule has 0 aromatic rings. The molecule has 1 rings (SSSR count). The number of cyclic esters (lactones) is 1. The highest BCUT2D eigenvalue weighted by Gasteiger charge is 2.31. The zero-order valence-corrected chi connectivity index (χ0v) is 4.97. The summed E-state index contributed by atoms with van der Waals surface area (Å²) in [6.45, 7) is 3.69. The molecule has 1 unspecified atom stereocenters. The van der Waals surface area contributed by atoms with Crippen LogP contribution in [-0.2, 0) is 9.53 Å². The average molecular weight is 112 g/mol. The molecule has 1 atom stereocenters. The van der Waals surface area contributed by atoms with Crippen molar-refractivity contribution in [3.8, 4) is 0 Å². The molecule has 1 fully saturated rings. The molecule has 0 N–H and O–H groups in total. The molecule has 0 amide bonds. The van der Waals surface area contributed by atoms with Crippen LogP contribution in [0.3, 0.4) is 0 Å². The first kappa shape index (κ1) is 5.35. The standard InChI is InChI=1S/C6H8O2/c1-3-5-4(2)6(7)8-5/h3-4H,1-2H3. The third-order valence-electron chi connectivity index (χ3n) is 1.28. The van der Waals surface area contributed by atoms with E-state index in [2.05, 4.69) is 4.74 Å². The second-order valence-electron chi connectivity index (χ2n) is 1.83. The molecule has 2 heteroatoms. The van der Waals surface area contributed by atoms with Crippen LogP contribution in [0.25, 0.3) is 0 Å². The van der Waals surface area contributed by atoms with Crippen molar-refractivity contribution in [1.82, 2.24) is 0 Å². The second-order valence-corrected chi connectivity index (χ2v) is 1.83. The first-order valence-corrected chi connectivity index (χ1v) is 2.63. The minimum atomic E-state index is -0.113. The third kappa shape index (κ3) is 0.529. The van der Waals surface area contributed by atoms with Crippen LogP contribution >= 0.6 is 0 Å². The van der Waals surface area contributed by atoms with Crippen molar-refractivity contribution in [2.45, 2.75) is 13.8 Å². The lowest BCUT2D eigenvalue weighted by atomic mass is 10.1. The summed E-state index contributed by atoms with van der Waals surface area (Å²) >= 11 is 0. The molecule has 0 aromatic heterocycles. The summed E-state index contributed by atoms with van der Waals surface area (Å²) < 4.78 is 4.62. The van der Waals surface area contributed by atoms with Crippen LogP contribution in [0, 0.1) is 5.92 Å². The number of ether oxygens (including phenoxy) is 1. The third-order valence-corrected chi connectivity index (χ3v) is 1.28. The Bertz CT molecular complexity index is 147. The number of allylic oxidation sites excluding steroid dienone is 1. The molecule has 1 heterocycles. The number of carbonyl (C=O) groups excluding carboxylic acids is 1. The van der Waals surface area contributed by atoms with E-state index >= 15 is 0 Å². The van der Waals surface area contributed by atoms with E-state index in [4.69, 9.17) is 0 Å². The summed E-state index contributed by atoms with van der Waals surface area (Å²) in [5.74, 6) is 0.702. The number of carbonyl (C=O) groups is 1. The van der Waals surface area contributed by atoms with Gasteiger partial charge < -0.3 is 4.74 Å². The molecule has 0 aromatic carbocycles. The molecule has 1 aliphatic rings. The SMILES string of the molecule is CC=C1OC(=O)C1C. The van der Waals surface area contributed by atoms with E-state index in [9.17, 15) is 4.79 Å². The Morgan fingerprint density at radius 1 is 1.75 bits per heavy atom. The zero-order chi connectivity index (χ0) is 6.15. The molecule has 1 saturated heterocycles. The summed E-state index contributed by atoms with van der Waals surface area (Å²) in [7, 11) is 0. The van der Waals surface area contributed by atoms with Crippen molar-refractivity contribution in [3.63, 3.8) is 0 Å². The summed E-state index contributed by atoms with van der Waals surface area (Å²) in [5.41, 5.74) is 0. The number of hydrogen-bond donors (Lipinski definition) is 0. The Hall–Kier alpha value is -0.790. The van der Waals surface area contributed by atoms with Gasteiger partial charge in [-0.25, -0.2) is 0 Å². The predicted molar refractivity (Wildman–Crippen MR) is 29.0 cm³/mol. The van der Waals surface area contributed by atoms with Crippen molar-refractivity contribution in [2.75, 3.05) is 0 Å². The van der Waals surface area contributed by atoms with Crippen LogP contribution in [0.1, 0.15) is 13.8 Å². The van der Waals surface area contributed by atoms with Gasteiger partial charge in [0.2, 0.25) is 0 Å². The van der Waals surface area contributed by atoms with Gasteiger partial charge in [0.15, 0.2) is 0 Å². The van der Waals surface area contributed by atoms with E-state index in [1.54, 1.807) is 0 Å². The van der Waals surface area contributed by atoms with Gasteiger partial charge in [0.1, 0.15) is 11.7 Å². The molecule has 0 bridgehead atoms. The molecule has 1 aliphatic heterocycles. The molecular weight excluding hydrogens is 104 g/mol. The maximum absolute atomic E-state index is 10.3. The fourth-order valence-corrected chi connectivity index (χ4v) is 0.660. The van der Waals surface area contributed by atoms with Crippen molar-refractivity contribution in [2.24, 2.45) is 5.92 Å². The highest BCUT2D eigenvalue weighted by molar-refractivity contribution is 5.82. The van der Waals surface area contributed by atoms with Gasteiger partial charge in [-0.3, -0.25) is 4.79 Å². The summed E-state index contributed by atoms with van der Waals surface area (Å²) in [5, 5.41) is 0. The smallest absolute Gasteiger partial charge is 0.321 e. The lowest BCUT2D eigenvalue weighted by molar-refractivity contribution is -0.155. The van der Waals surface area contributed by atoms with Crippen molar-refractivity contribution < 1.29 is 9.53 Å². The van der Waals surface area contributed by atoms with Crippen LogP contribution in [0.4, 0.5) is 0 Å². The van der Waals surface area contributed by atoms with Crippen molar-refractivity contribution in [3.05, 3.63) is 11.8 Å². The van der Waals surface area contributed by atoms with Crippen molar-refractivity contribution >= 4 is 5.97 Å². The largest absolute Gasteiger partial charge is 0.430 e. The maximum Gasteiger partial charge on any atom is 0.321 e. The maximum atomic E-state index is 10.3. The Labute approximate surface area is 48.1 Å². The monoisotopic (exact) mass is 112 g/mol. The summed E-state index contributed by atoms with van der Waals surface area (Å²) in [6, 6.07) is 0. The predicted octanol–water partition coefficient (Wildman–Crippen LogP) is 1.08. The fraction of sp³-hybridized carbons (Fsp3) is 0.500. The minimum absolute atomic E-state index is 0.0139. The lowest BCUT2D eigenvalue weighted by Gasteiger charge is -2.23. The van der Waals surface area contributed by atoms with Crippen LogP contribution in [0.2, 0.25) is 0 Å². The quantitative estimate of drug-likeness (QED) is 0.438. The normalized spacial score (nSPS) is 32.0. The molecule has 0 aliphatic carbocycles. The fourth-order valence-electron chi connectivity index (χ4n) is 0.660. The van der Waals surface area contributed by atoms with E-state index in [0.29, 0.717) is 0 Å². The average Bonchev–Trinajstić information content (AvgIpc) is 1.81. The Balaban J connectivity index is 2.60.